The summed E-state index contributed by atoms with van der Waals surface area (Å²) in [6.07, 6.45) is 0.865. The summed E-state index contributed by atoms with van der Waals surface area (Å²) in [6.45, 7) is 1.85. The average Bonchev–Trinajstić information content (AvgIpc) is 2.20. The van der Waals surface area contributed by atoms with E-state index >= 15 is 0 Å². The Morgan fingerprint density at radius 2 is 2.14 bits per heavy atom. The van der Waals surface area contributed by atoms with Gasteiger partial charge in [0, 0.05) is 5.56 Å². The van der Waals surface area contributed by atoms with Gasteiger partial charge in [0.25, 0.3) is 0 Å². The predicted octanol–water partition coefficient (Wildman–Crippen LogP) is 1.71. The van der Waals surface area contributed by atoms with Crippen molar-refractivity contribution in [2.75, 3.05) is 6.61 Å². The van der Waals surface area contributed by atoms with Crippen LogP contribution in [-0.4, -0.2) is 16.8 Å². The minimum absolute atomic E-state index is 0.115. The van der Waals surface area contributed by atoms with Crippen LogP contribution in [0.15, 0.2) is 16.6 Å². The number of aliphatic hydroxyl groups excluding tert-OH is 1. The van der Waals surface area contributed by atoms with E-state index in [0.29, 0.717) is 10.0 Å². The maximum atomic E-state index is 9.68. The zero-order chi connectivity index (χ0) is 10.7. The Balaban J connectivity index is 3.20. The average molecular weight is 260 g/mol. The maximum Gasteiger partial charge on any atom is 0.134 e. The zero-order valence-electron chi connectivity index (χ0n) is 8.00. The van der Waals surface area contributed by atoms with Gasteiger partial charge in [-0.05, 0) is 34.0 Å². The molecule has 0 spiro atoms. The van der Waals surface area contributed by atoms with Crippen LogP contribution >= 0.6 is 15.9 Å². The van der Waals surface area contributed by atoms with Gasteiger partial charge in [-0.1, -0.05) is 13.0 Å². The van der Waals surface area contributed by atoms with Crippen LogP contribution in [0.2, 0.25) is 0 Å². The van der Waals surface area contributed by atoms with Crippen LogP contribution in [0.25, 0.3) is 0 Å². The predicted molar refractivity (Wildman–Crippen MR) is 59.2 cm³/mol. The molecule has 78 valence electrons. The minimum Gasteiger partial charge on any atom is -0.506 e. The molecule has 0 radical (unpaired) electrons. The number of phenolic OH excluding ortho intramolecular Hbond substituents is 1. The Kier molecular flexibility index (Phi) is 3.92. The van der Waals surface area contributed by atoms with Crippen molar-refractivity contribution in [3.63, 3.8) is 0 Å². The first-order valence-electron chi connectivity index (χ1n) is 4.47. The number of hydrogen-bond acceptors (Lipinski definition) is 3. The lowest BCUT2D eigenvalue weighted by atomic mass is 10.0. The standard InChI is InChI=1S/C10H14BrNO2/c1-2-6-3-7(9(12)5-13)10(14)8(11)4-6/h3-4,9,13-14H,2,5,12H2,1H3/t9-/m1/s1. The SMILES string of the molecule is CCc1cc(Br)c(O)c([C@H](N)CO)c1. The van der Waals surface area contributed by atoms with E-state index < -0.39 is 6.04 Å². The number of rotatable bonds is 3. The molecule has 1 atom stereocenters. The molecule has 0 saturated carbocycles. The number of phenols is 1. The number of aryl methyl sites for hydroxylation is 1. The van der Waals surface area contributed by atoms with Gasteiger partial charge in [-0.15, -0.1) is 0 Å². The normalized spacial score (nSPS) is 12.9. The summed E-state index contributed by atoms with van der Waals surface area (Å²) in [5.41, 5.74) is 7.32. The molecule has 4 N–H and O–H groups in total. The van der Waals surface area contributed by atoms with Crippen molar-refractivity contribution in [2.24, 2.45) is 5.73 Å². The Hall–Kier alpha value is -0.580. The van der Waals surface area contributed by atoms with Crippen molar-refractivity contribution in [1.29, 1.82) is 0 Å². The Morgan fingerprint density at radius 1 is 1.50 bits per heavy atom. The summed E-state index contributed by atoms with van der Waals surface area (Å²) in [4.78, 5) is 0. The molecule has 1 aromatic rings. The molecular weight excluding hydrogens is 246 g/mol. The van der Waals surface area contributed by atoms with Crippen LogP contribution in [-0.2, 0) is 6.42 Å². The van der Waals surface area contributed by atoms with Gasteiger partial charge in [0.2, 0.25) is 0 Å². The van der Waals surface area contributed by atoms with Crippen molar-refractivity contribution in [2.45, 2.75) is 19.4 Å². The van der Waals surface area contributed by atoms with E-state index in [9.17, 15) is 5.11 Å². The third-order valence-electron chi connectivity index (χ3n) is 2.16. The maximum absolute atomic E-state index is 9.68. The van der Waals surface area contributed by atoms with E-state index in [0.717, 1.165) is 12.0 Å². The van der Waals surface area contributed by atoms with Crippen LogP contribution in [0, 0.1) is 0 Å². The fraction of sp³-hybridized carbons (Fsp3) is 0.400. The third kappa shape index (κ3) is 2.26. The highest BCUT2D eigenvalue weighted by molar-refractivity contribution is 9.10. The molecule has 0 heterocycles. The van der Waals surface area contributed by atoms with E-state index in [1.807, 2.05) is 19.1 Å². The van der Waals surface area contributed by atoms with Gasteiger partial charge in [0.1, 0.15) is 5.75 Å². The molecule has 0 unspecified atom stereocenters. The molecule has 14 heavy (non-hydrogen) atoms. The van der Waals surface area contributed by atoms with Gasteiger partial charge in [-0.25, -0.2) is 0 Å². The fourth-order valence-electron chi connectivity index (χ4n) is 1.26. The summed E-state index contributed by atoms with van der Waals surface area (Å²) in [7, 11) is 0. The number of aromatic hydroxyl groups is 1. The van der Waals surface area contributed by atoms with E-state index in [-0.39, 0.29) is 12.4 Å². The zero-order valence-corrected chi connectivity index (χ0v) is 9.58. The van der Waals surface area contributed by atoms with Crippen molar-refractivity contribution < 1.29 is 10.2 Å². The molecule has 0 aliphatic rings. The van der Waals surface area contributed by atoms with Crippen LogP contribution in [0.3, 0.4) is 0 Å². The fourth-order valence-corrected chi connectivity index (χ4v) is 1.79. The first-order valence-corrected chi connectivity index (χ1v) is 5.27. The second-order valence-corrected chi connectivity index (χ2v) is 4.01. The van der Waals surface area contributed by atoms with Crippen LogP contribution in [0.1, 0.15) is 24.1 Å². The molecule has 3 nitrogen and oxygen atoms in total. The highest BCUT2D eigenvalue weighted by Crippen LogP contribution is 2.32. The van der Waals surface area contributed by atoms with E-state index in [4.69, 9.17) is 10.8 Å². The van der Waals surface area contributed by atoms with Crippen LogP contribution in [0.5, 0.6) is 5.75 Å². The van der Waals surface area contributed by atoms with E-state index in [2.05, 4.69) is 15.9 Å². The summed E-state index contributed by atoms with van der Waals surface area (Å²) < 4.78 is 0.621. The molecule has 4 heteroatoms. The van der Waals surface area contributed by atoms with Crippen molar-refractivity contribution in [3.8, 4) is 5.75 Å². The monoisotopic (exact) mass is 259 g/mol. The van der Waals surface area contributed by atoms with Crippen LogP contribution in [0.4, 0.5) is 0 Å². The van der Waals surface area contributed by atoms with Gasteiger partial charge in [0.15, 0.2) is 0 Å². The summed E-state index contributed by atoms with van der Waals surface area (Å²) in [6, 6.07) is 3.14. The molecule has 0 amide bonds. The molecule has 0 saturated heterocycles. The molecular formula is C10H14BrNO2. The lowest BCUT2D eigenvalue weighted by molar-refractivity contribution is 0.265. The van der Waals surface area contributed by atoms with Gasteiger partial charge in [-0.2, -0.15) is 0 Å². The largest absolute Gasteiger partial charge is 0.506 e. The topological polar surface area (TPSA) is 66.5 Å². The van der Waals surface area contributed by atoms with Crippen molar-refractivity contribution in [1.82, 2.24) is 0 Å². The molecule has 0 fully saturated rings. The molecule has 0 aliphatic carbocycles. The van der Waals surface area contributed by atoms with Gasteiger partial charge < -0.3 is 15.9 Å². The quantitative estimate of drug-likeness (QED) is 0.775. The third-order valence-corrected chi connectivity index (χ3v) is 2.76. The first-order chi connectivity index (χ1) is 6.60. The van der Waals surface area contributed by atoms with Gasteiger partial charge in [-0.3, -0.25) is 0 Å². The highest BCUT2D eigenvalue weighted by Gasteiger charge is 2.13. The molecule has 0 bridgehead atoms. The molecule has 1 rings (SSSR count). The van der Waals surface area contributed by atoms with Crippen LogP contribution < -0.4 is 5.73 Å². The second kappa shape index (κ2) is 4.77. The summed E-state index contributed by atoms with van der Waals surface area (Å²) in [5, 5.41) is 18.6. The number of aliphatic hydroxyl groups is 1. The molecule has 0 aliphatic heterocycles. The summed E-state index contributed by atoms with van der Waals surface area (Å²) in [5.74, 6) is 0.115. The summed E-state index contributed by atoms with van der Waals surface area (Å²) >= 11 is 3.25. The lowest BCUT2D eigenvalue weighted by Crippen LogP contribution is -2.15. The second-order valence-electron chi connectivity index (χ2n) is 3.16. The van der Waals surface area contributed by atoms with Crippen molar-refractivity contribution >= 4 is 15.9 Å². The number of hydrogen-bond donors (Lipinski definition) is 3. The minimum atomic E-state index is -0.530. The number of nitrogens with two attached hydrogens (primary N) is 1. The van der Waals surface area contributed by atoms with E-state index in [1.54, 1.807) is 0 Å². The van der Waals surface area contributed by atoms with Gasteiger partial charge in [0.05, 0.1) is 17.1 Å². The Morgan fingerprint density at radius 3 is 2.64 bits per heavy atom. The molecule has 0 aromatic heterocycles. The van der Waals surface area contributed by atoms with E-state index in [1.165, 1.54) is 0 Å². The van der Waals surface area contributed by atoms with Gasteiger partial charge >= 0.3 is 0 Å². The Bertz CT molecular complexity index is 328. The smallest absolute Gasteiger partial charge is 0.134 e. The lowest BCUT2D eigenvalue weighted by Gasteiger charge is -2.13. The van der Waals surface area contributed by atoms with Crippen molar-refractivity contribution in [3.05, 3.63) is 27.7 Å². The number of benzene rings is 1. The number of halogens is 1. The Labute approximate surface area is 91.7 Å². The first kappa shape index (κ1) is 11.5. The highest BCUT2D eigenvalue weighted by atomic mass is 79.9. The molecule has 1 aromatic carbocycles.